The Morgan fingerprint density at radius 1 is 1.14 bits per heavy atom. The normalized spacial score (nSPS) is 10.6. The molecular formula is C18H19NO3. The van der Waals surface area contributed by atoms with Crippen molar-refractivity contribution in [1.82, 2.24) is 5.32 Å². The molecule has 2 rings (SSSR count). The molecule has 114 valence electrons. The Morgan fingerprint density at radius 3 is 2.73 bits per heavy atom. The van der Waals surface area contributed by atoms with E-state index >= 15 is 0 Å². The van der Waals surface area contributed by atoms with Gasteiger partial charge in [-0.05, 0) is 29.3 Å². The Balaban J connectivity index is 1.92. The molecule has 0 aliphatic rings. The summed E-state index contributed by atoms with van der Waals surface area (Å²) < 4.78 is 5.74. The SMILES string of the molecule is O=C(/C=C/c1cccc(OCc2ccccc2)c1)NCCO. The van der Waals surface area contributed by atoms with Gasteiger partial charge in [-0.2, -0.15) is 0 Å². The van der Waals surface area contributed by atoms with Crippen LogP contribution in [0.1, 0.15) is 11.1 Å². The Kier molecular flexibility index (Phi) is 6.20. The molecule has 0 unspecified atom stereocenters. The average molecular weight is 297 g/mol. The molecular weight excluding hydrogens is 278 g/mol. The second-order valence-corrected chi connectivity index (χ2v) is 4.69. The molecule has 0 spiro atoms. The van der Waals surface area contributed by atoms with Crippen LogP contribution in [0, 0.1) is 0 Å². The van der Waals surface area contributed by atoms with Gasteiger partial charge in [0.1, 0.15) is 12.4 Å². The van der Waals surface area contributed by atoms with E-state index < -0.39 is 0 Å². The fraction of sp³-hybridized carbons (Fsp3) is 0.167. The van der Waals surface area contributed by atoms with Crippen LogP contribution in [-0.4, -0.2) is 24.2 Å². The molecule has 0 heterocycles. The van der Waals surface area contributed by atoms with Crippen LogP contribution in [0.15, 0.2) is 60.7 Å². The van der Waals surface area contributed by atoms with Gasteiger partial charge in [0, 0.05) is 12.6 Å². The summed E-state index contributed by atoms with van der Waals surface area (Å²) in [5, 5.41) is 11.2. The zero-order valence-corrected chi connectivity index (χ0v) is 12.2. The summed E-state index contributed by atoms with van der Waals surface area (Å²) in [4.78, 5) is 11.4. The molecule has 0 atom stereocenters. The molecule has 0 aromatic heterocycles. The highest BCUT2D eigenvalue weighted by Gasteiger charge is 1.98. The lowest BCUT2D eigenvalue weighted by Gasteiger charge is -2.07. The van der Waals surface area contributed by atoms with Crippen molar-refractivity contribution >= 4 is 12.0 Å². The van der Waals surface area contributed by atoms with Crippen molar-refractivity contribution in [1.29, 1.82) is 0 Å². The largest absolute Gasteiger partial charge is 0.489 e. The maximum absolute atomic E-state index is 11.4. The van der Waals surface area contributed by atoms with Crippen LogP contribution in [0.3, 0.4) is 0 Å². The highest BCUT2D eigenvalue weighted by Crippen LogP contribution is 2.16. The predicted molar refractivity (Wildman–Crippen MR) is 86.3 cm³/mol. The van der Waals surface area contributed by atoms with Crippen molar-refractivity contribution in [2.75, 3.05) is 13.2 Å². The van der Waals surface area contributed by atoms with Crippen LogP contribution in [0.4, 0.5) is 0 Å². The fourth-order valence-corrected chi connectivity index (χ4v) is 1.86. The smallest absolute Gasteiger partial charge is 0.244 e. The van der Waals surface area contributed by atoms with Gasteiger partial charge in [0.15, 0.2) is 0 Å². The lowest BCUT2D eigenvalue weighted by molar-refractivity contribution is -0.116. The van der Waals surface area contributed by atoms with E-state index in [1.54, 1.807) is 6.08 Å². The van der Waals surface area contributed by atoms with E-state index in [0.717, 1.165) is 16.9 Å². The number of nitrogens with one attached hydrogen (secondary N) is 1. The number of ether oxygens (including phenoxy) is 1. The first-order valence-corrected chi connectivity index (χ1v) is 7.11. The molecule has 4 nitrogen and oxygen atoms in total. The first-order valence-electron chi connectivity index (χ1n) is 7.11. The maximum atomic E-state index is 11.4. The third kappa shape index (κ3) is 5.42. The number of aliphatic hydroxyl groups excluding tert-OH is 1. The summed E-state index contributed by atoms with van der Waals surface area (Å²) in [5.74, 6) is 0.520. The highest BCUT2D eigenvalue weighted by atomic mass is 16.5. The number of amides is 1. The Bertz CT molecular complexity index is 623. The van der Waals surface area contributed by atoms with E-state index in [2.05, 4.69) is 5.32 Å². The summed E-state index contributed by atoms with van der Waals surface area (Å²) in [5.41, 5.74) is 1.98. The van der Waals surface area contributed by atoms with Gasteiger partial charge in [-0.15, -0.1) is 0 Å². The molecule has 22 heavy (non-hydrogen) atoms. The van der Waals surface area contributed by atoms with Crippen molar-refractivity contribution in [3.8, 4) is 5.75 Å². The molecule has 0 aliphatic heterocycles. The van der Waals surface area contributed by atoms with Gasteiger partial charge in [0.2, 0.25) is 5.91 Å². The summed E-state index contributed by atoms with van der Waals surface area (Å²) in [6.07, 6.45) is 3.15. The average Bonchev–Trinajstić information content (AvgIpc) is 2.57. The van der Waals surface area contributed by atoms with Crippen LogP contribution in [0.2, 0.25) is 0 Å². The summed E-state index contributed by atoms with van der Waals surface area (Å²) >= 11 is 0. The minimum Gasteiger partial charge on any atom is -0.489 e. The Morgan fingerprint density at radius 2 is 1.95 bits per heavy atom. The molecule has 0 radical (unpaired) electrons. The molecule has 4 heteroatoms. The molecule has 2 aromatic rings. The van der Waals surface area contributed by atoms with E-state index in [-0.39, 0.29) is 19.1 Å². The number of benzene rings is 2. The number of rotatable bonds is 7. The van der Waals surface area contributed by atoms with Crippen LogP contribution in [0.5, 0.6) is 5.75 Å². The van der Waals surface area contributed by atoms with Crippen LogP contribution < -0.4 is 10.1 Å². The van der Waals surface area contributed by atoms with Gasteiger partial charge in [-0.3, -0.25) is 4.79 Å². The highest BCUT2D eigenvalue weighted by molar-refractivity contribution is 5.91. The van der Waals surface area contributed by atoms with Gasteiger partial charge < -0.3 is 15.2 Å². The monoisotopic (exact) mass is 297 g/mol. The molecule has 0 aliphatic carbocycles. The van der Waals surface area contributed by atoms with Crippen molar-refractivity contribution in [3.05, 3.63) is 71.8 Å². The molecule has 0 saturated carbocycles. The van der Waals surface area contributed by atoms with Crippen molar-refractivity contribution in [2.45, 2.75) is 6.61 Å². The van der Waals surface area contributed by atoms with Gasteiger partial charge in [0.25, 0.3) is 0 Å². The van der Waals surface area contributed by atoms with Gasteiger partial charge in [-0.25, -0.2) is 0 Å². The number of aliphatic hydroxyl groups is 1. The first-order chi connectivity index (χ1) is 10.8. The standard InChI is InChI=1S/C18H19NO3/c20-12-11-19-18(21)10-9-15-7-4-8-17(13-15)22-14-16-5-2-1-3-6-16/h1-10,13,20H,11-12,14H2,(H,19,21)/b10-9+. The minimum atomic E-state index is -0.232. The first kappa shape index (κ1) is 15.8. The van der Waals surface area contributed by atoms with Crippen molar-refractivity contribution in [2.24, 2.45) is 0 Å². The molecule has 0 fully saturated rings. The number of carbonyl (C=O) groups is 1. The zero-order chi connectivity index (χ0) is 15.6. The Labute approximate surface area is 130 Å². The summed E-state index contributed by atoms with van der Waals surface area (Å²) in [7, 11) is 0. The van der Waals surface area contributed by atoms with Crippen LogP contribution in [0.25, 0.3) is 6.08 Å². The minimum absolute atomic E-state index is 0.0671. The van der Waals surface area contributed by atoms with Gasteiger partial charge in [-0.1, -0.05) is 42.5 Å². The predicted octanol–water partition coefficient (Wildman–Crippen LogP) is 2.39. The third-order valence-electron chi connectivity index (χ3n) is 2.94. The molecule has 2 aromatic carbocycles. The van der Waals surface area contributed by atoms with E-state index in [1.807, 2.05) is 54.6 Å². The number of hydrogen-bond donors (Lipinski definition) is 2. The molecule has 1 amide bonds. The number of hydrogen-bond acceptors (Lipinski definition) is 3. The summed E-state index contributed by atoms with van der Waals surface area (Å²) in [6.45, 7) is 0.691. The third-order valence-corrected chi connectivity index (χ3v) is 2.94. The van der Waals surface area contributed by atoms with Crippen molar-refractivity contribution in [3.63, 3.8) is 0 Å². The van der Waals surface area contributed by atoms with Gasteiger partial charge in [0.05, 0.1) is 6.61 Å². The van der Waals surface area contributed by atoms with Gasteiger partial charge >= 0.3 is 0 Å². The van der Waals surface area contributed by atoms with E-state index in [0.29, 0.717) is 6.61 Å². The topological polar surface area (TPSA) is 58.6 Å². The second-order valence-electron chi connectivity index (χ2n) is 4.69. The maximum Gasteiger partial charge on any atom is 0.244 e. The quantitative estimate of drug-likeness (QED) is 0.772. The molecule has 2 N–H and O–H groups in total. The summed E-state index contributed by atoms with van der Waals surface area (Å²) in [6, 6.07) is 17.5. The second kappa shape index (κ2) is 8.64. The van der Waals surface area contributed by atoms with E-state index in [4.69, 9.17) is 9.84 Å². The lowest BCUT2D eigenvalue weighted by atomic mass is 10.2. The van der Waals surface area contributed by atoms with Crippen LogP contribution in [-0.2, 0) is 11.4 Å². The van der Waals surface area contributed by atoms with E-state index in [1.165, 1.54) is 6.08 Å². The Hall–Kier alpha value is -2.59. The fourth-order valence-electron chi connectivity index (χ4n) is 1.86. The van der Waals surface area contributed by atoms with Crippen LogP contribution >= 0.6 is 0 Å². The van der Waals surface area contributed by atoms with E-state index in [9.17, 15) is 4.79 Å². The number of carbonyl (C=O) groups excluding carboxylic acids is 1. The molecule has 0 saturated heterocycles. The lowest BCUT2D eigenvalue weighted by Crippen LogP contribution is -2.24. The molecule has 0 bridgehead atoms. The van der Waals surface area contributed by atoms with Crippen molar-refractivity contribution < 1.29 is 14.6 Å². The zero-order valence-electron chi connectivity index (χ0n) is 12.2.